The summed E-state index contributed by atoms with van der Waals surface area (Å²) in [7, 11) is 0. The average molecular weight is 390 g/mol. The highest BCUT2D eigenvalue weighted by Gasteiger charge is 2.21. The van der Waals surface area contributed by atoms with Crippen molar-refractivity contribution in [2.75, 3.05) is 6.61 Å². The van der Waals surface area contributed by atoms with Gasteiger partial charge >= 0.3 is 5.97 Å². The van der Waals surface area contributed by atoms with Crippen LogP contribution in [0.15, 0.2) is 47.5 Å². The lowest BCUT2D eigenvalue weighted by atomic mass is 10.0. The Hall–Kier alpha value is -3.48. The highest BCUT2D eigenvalue weighted by molar-refractivity contribution is 5.98. The van der Waals surface area contributed by atoms with Crippen molar-refractivity contribution < 1.29 is 9.53 Å². The van der Waals surface area contributed by atoms with Gasteiger partial charge in [-0.25, -0.2) is 14.3 Å². The van der Waals surface area contributed by atoms with Crippen molar-refractivity contribution in [2.45, 2.75) is 33.6 Å². The summed E-state index contributed by atoms with van der Waals surface area (Å²) in [6.07, 6.45) is 3.21. The quantitative estimate of drug-likeness (QED) is 0.497. The Morgan fingerprint density at radius 1 is 1.17 bits per heavy atom. The number of hydrogen-bond acceptors (Lipinski definition) is 5. The third-order valence-corrected chi connectivity index (χ3v) is 5.00. The van der Waals surface area contributed by atoms with E-state index < -0.39 is 5.97 Å². The SMILES string of the molecule is CCOC(=O)c1c(C)nn2c1ncc1c(=O)n(-c3ccc(C(C)C)cc3)ccc12. The third-order valence-electron chi connectivity index (χ3n) is 5.00. The first-order chi connectivity index (χ1) is 13.9. The van der Waals surface area contributed by atoms with E-state index in [1.807, 2.05) is 30.3 Å². The molecule has 0 aliphatic carbocycles. The van der Waals surface area contributed by atoms with Crippen LogP contribution in [-0.4, -0.2) is 31.7 Å². The molecule has 0 aliphatic rings. The Bertz CT molecular complexity index is 1280. The van der Waals surface area contributed by atoms with Crippen molar-refractivity contribution >= 4 is 22.5 Å². The standard InChI is InChI=1S/C22H22N4O3/c1-5-29-22(28)19-14(4)24-26-18-10-11-25(21(27)17(18)12-23-20(19)26)16-8-6-15(7-9-16)13(2)3/h6-13H,5H2,1-4H3. The molecule has 3 heterocycles. The Morgan fingerprint density at radius 2 is 1.90 bits per heavy atom. The van der Waals surface area contributed by atoms with Crippen LogP contribution in [0.2, 0.25) is 0 Å². The minimum absolute atomic E-state index is 0.194. The number of ether oxygens (including phenoxy) is 1. The molecule has 4 aromatic rings. The van der Waals surface area contributed by atoms with Crippen molar-refractivity contribution in [2.24, 2.45) is 0 Å². The van der Waals surface area contributed by atoms with E-state index in [4.69, 9.17) is 4.74 Å². The van der Waals surface area contributed by atoms with Crippen LogP contribution in [0.4, 0.5) is 0 Å². The second-order valence-electron chi connectivity index (χ2n) is 7.21. The summed E-state index contributed by atoms with van der Waals surface area (Å²) in [5.74, 6) is -0.0445. The third kappa shape index (κ3) is 3.08. The van der Waals surface area contributed by atoms with Crippen molar-refractivity contribution in [3.8, 4) is 5.69 Å². The molecule has 148 valence electrons. The molecule has 0 saturated heterocycles. The maximum absolute atomic E-state index is 13.1. The van der Waals surface area contributed by atoms with Crippen LogP contribution >= 0.6 is 0 Å². The molecular weight excluding hydrogens is 368 g/mol. The summed E-state index contributed by atoms with van der Waals surface area (Å²) >= 11 is 0. The molecule has 0 bridgehead atoms. The van der Waals surface area contributed by atoms with Crippen LogP contribution in [0.25, 0.3) is 22.2 Å². The molecule has 0 aliphatic heterocycles. The summed E-state index contributed by atoms with van der Waals surface area (Å²) in [4.78, 5) is 29.7. The molecular formula is C22H22N4O3. The zero-order valence-corrected chi connectivity index (χ0v) is 16.8. The summed E-state index contributed by atoms with van der Waals surface area (Å²) in [5.41, 5.74) is 3.61. The minimum Gasteiger partial charge on any atom is -0.462 e. The van der Waals surface area contributed by atoms with Gasteiger partial charge in [0.05, 0.1) is 23.2 Å². The first-order valence-electron chi connectivity index (χ1n) is 9.59. The molecule has 7 nitrogen and oxygen atoms in total. The highest BCUT2D eigenvalue weighted by Crippen LogP contribution is 2.20. The van der Waals surface area contributed by atoms with Crippen molar-refractivity contribution in [3.05, 3.63) is 69.9 Å². The molecule has 0 radical (unpaired) electrons. The number of pyridine rings is 1. The van der Waals surface area contributed by atoms with E-state index in [0.29, 0.717) is 33.7 Å². The molecule has 0 fully saturated rings. The van der Waals surface area contributed by atoms with Crippen molar-refractivity contribution in [1.29, 1.82) is 0 Å². The molecule has 0 saturated carbocycles. The molecule has 1 aromatic carbocycles. The summed E-state index contributed by atoms with van der Waals surface area (Å²) < 4.78 is 8.23. The molecule has 7 heteroatoms. The smallest absolute Gasteiger partial charge is 0.343 e. The van der Waals surface area contributed by atoms with Crippen LogP contribution in [-0.2, 0) is 4.74 Å². The maximum Gasteiger partial charge on any atom is 0.343 e. The van der Waals surface area contributed by atoms with Crippen molar-refractivity contribution in [1.82, 2.24) is 19.2 Å². The molecule has 0 unspecified atom stereocenters. The monoisotopic (exact) mass is 390 g/mol. The predicted molar refractivity (Wildman–Crippen MR) is 111 cm³/mol. The first-order valence-corrected chi connectivity index (χ1v) is 9.59. The number of aromatic nitrogens is 4. The number of fused-ring (bicyclic) bond motifs is 3. The van der Waals surface area contributed by atoms with Gasteiger partial charge in [0, 0.05) is 18.1 Å². The molecule has 0 atom stereocenters. The van der Waals surface area contributed by atoms with E-state index in [9.17, 15) is 9.59 Å². The summed E-state index contributed by atoms with van der Waals surface area (Å²) in [6, 6.07) is 9.74. The molecule has 0 amide bonds. The van der Waals surface area contributed by atoms with Gasteiger partial charge in [-0.1, -0.05) is 26.0 Å². The number of hydrogen-bond donors (Lipinski definition) is 0. The first kappa shape index (κ1) is 18.9. The van der Waals surface area contributed by atoms with Crippen molar-refractivity contribution in [3.63, 3.8) is 0 Å². The lowest BCUT2D eigenvalue weighted by molar-refractivity contribution is 0.0527. The van der Waals surface area contributed by atoms with Crippen LogP contribution in [0, 0.1) is 6.92 Å². The number of benzene rings is 1. The van der Waals surface area contributed by atoms with Gasteiger partial charge in [-0.05, 0) is 43.5 Å². The van der Waals surface area contributed by atoms with Gasteiger partial charge in [-0.2, -0.15) is 5.10 Å². The second kappa shape index (κ2) is 7.16. The van der Waals surface area contributed by atoms with Gasteiger partial charge in [-0.15, -0.1) is 0 Å². The molecule has 29 heavy (non-hydrogen) atoms. The normalized spacial score (nSPS) is 11.5. The number of nitrogens with zero attached hydrogens (tertiary/aromatic N) is 4. The lowest BCUT2D eigenvalue weighted by Crippen LogP contribution is -2.19. The molecule has 0 spiro atoms. The van der Waals surface area contributed by atoms with Crippen LogP contribution in [0.3, 0.4) is 0 Å². The Labute approximate surface area is 167 Å². The van der Waals surface area contributed by atoms with E-state index in [-0.39, 0.29) is 12.2 Å². The van der Waals surface area contributed by atoms with E-state index in [1.54, 1.807) is 24.6 Å². The fourth-order valence-corrected chi connectivity index (χ4v) is 3.44. The predicted octanol–water partition coefficient (Wildman–Crippen LogP) is 3.64. The number of carbonyl (C=O) groups excluding carboxylic acids is 1. The van der Waals surface area contributed by atoms with E-state index in [1.165, 1.54) is 16.3 Å². The molecule has 0 N–H and O–H groups in total. The summed E-state index contributed by atoms with van der Waals surface area (Å²) in [6.45, 7) is 8.00. The van der Waals surface area contributed by atoms with E-state index >= 15 is 0 Å². The fourth-order valence-electron chi connectivity index (χ4n) is 3.44. The number of esters is 1. The lowest BCUT2D eigenvalue weighted by Gasteiger charge is -2.10. The Morgan fingerprint density at radius 3 is 2.55 bits per heavy atom. The van der Waals surface area contributed by atoms with Gasteiger partial charge < -0.3 is 4.74 Å². The van der Waals surface area contributed by atoms with Crippen LogP contribution in [0.5, 0.6) is 0 Å². The van der Waals surface area contributed by atoms with Gasteiger partial charge in [0.2, 0.25) is 0 Å². The van der Waals surface area contributed by atoms with E-state index in [2.05, 4.69) is 23.9 Å². The summed E-state index contributed by atoms with van der Waals surface area (Å²) in [5, 5.41) is 4.85. The number of carbonyl (C=O) groups is 1. The zero-order valence-electron chi connectivity index (χ0n) is 16.8. The van der Waals surface area contributed by atoms with Gasteiger partial charge in [0.15, 0.2) is 5.65 Å². The van der Waals surface area contributed by atoms with Gasteiger partial charge in [0.1, 0.15) is 5.56 Å². The van der Waals surface area contributed by atoms with Crippen LogP contribution in [0.1, 0.15) is 48.3 Å². The fraction of sp³-hybridized carbons (Fsp3) is 0.273. The zero-order chi connectivity index (χ0) is 20.7. The molecule has 4 rings (SSSR count). The second-order valence-corrected chi connectivity index (χ2v) is 7.21. The Balaban J connectivity index is 1.88. The van der Waals surface area contributed by atoms with Gasteiger partial charge in [0.25, 0.3) is 5.56 Å². The number of rotatable bonds is 4. The Kier molecular flexibility index (Phi) is 4.66. The molecule has 3 aromatic heterocycles. The van der Waals surface area contributed by atoms with E-state index in [0.717, 1.165) is 5.69 Å². The van der Waals surface area contributed by atoms with Gasteiger partial charge in [-0.3, -0.25) is 9.36 Å². The van der Waals surface area contributed by atoms with Crippen LogP contribution < -0.4 is 5.56 Å². The highest BCUT2D eigenvalue weighted by atomic mass is 16.5. The number of aryl methyl sites for hydroxylation is 1. The topological polar surface area (TPSA) is 78.5 Å². The minimum atomic E-state index is -0.467. The largest absolute Gasteiger partial charge is 0.462 e. The average Bonchev–Trinajstić information content (AvgIpc) is 3.05. The maximum atomic E-state index is 13.1.